The molecule has 0 saturated heterocycles. The van der Waals surface area contributed by atoms with Crippen molar-refractivity contribution in [3.63, 3.8) is 0 Å². The molecule has 1 aromatic carbocycles. The van der Waals surface area contributed by atoms with Crippen LogP contribution in [0.5, 0.6) is 0 Å². The summed E-state index contributed by atoms with van der Waals surface area (Å²) in [4.78, 5) is 29.9. The smallest absolute Gasteiger partial charge is 0.261 e. The SMILES string of the molecule is CC(C)CN=C(N)NCCCCN1C(=O)c2ccccc2C1=O.I. The summed E-state index contributed by atoms with van der Waals surface area (Å²) in [6, 6.07) is 6.94. The number of hydrogen-bond acceptors (Lipinski definition) is 3. The van der Waals surface area contributed by atoms with Gasteiger partial charge in [0.25, 0.3) is 11.8 Å². The fourth-order valence-corrected chi connectivity index (χ4v) is 2.39. The molecule has 0 saturated carbocycles. The molecular formula is C17H25IN4O2. The molecule has 0 atom stereocenters. The van der Waals surface area contributed by atoms with Crippen LogP contribution in [0.15, 0.2) is 29.3 Å². The van der Waals surface area contributed by atoms with Gasteiger partial charge in [0.2, 0.25) is 0 Å². The molecule has 1 heterocycles. The van der Waals surface area contributed by atoms with Gasteiger partial charge in [0.15, 0.2) is 5.96 Å². The molecule has 0 bridgehead atoms. The molecule has 2 amide bonds. The van der Waals surface area contributed by atoms with Gasteiger partial charge >= 0.3 is 0 Å². The Morgan fingerprint density at radius 2 is 1.75 bits per heavy atom. The van der Waals surface area contributed by atoms with Crippen molar-refractivity contribution < 1.29 is 9.59 Å². The minimum absolute atomic E-state index is 0. The lowest BCUT2D eigenvalue weighted by Gasteiger charge is -2.13. The van der Waals surface area contributed by atoms with Crippen molar-refractivity contribution in [2.45, 2.75) is 26.7 Å². The van der Waals surface area contributed by atoms with Crippen LogP contribution in [0.2, 0.25) is 0 Å². The fraction of sp³-hybridized carbons (Fsp3) is 0.471. The van der Waals surface area contributed by atoms with Gasteiger partial charge in [-0.15, -0.1) is 24.0 Å². The van der Waals surface area contributed by atoms with Crippen LogP contribution < -0.4 is 11.1 Å². The lowest BCUT2D eigenvalue weighted by Crippen LogP contribution is -2.34. The van der Waals surface area contributed by atoms with Gasteiger partial charge in [-0.2, -0.15) is 0 Å². The van der Waals surface area contributed by atoms with E-state index >= 15 is 0 Å². The lowest BCUT2D eigenvalue weighted by atomic mass is 10.1. The van der Waals surface area contributed by atoms with E-state index in [1.165, 1.54) is 4.90 Å². The summed E-state index contributed by atoms with van der Waals surface area (Å²) >= 11 is 0. The number of nitrogens with zero attached hydrogens (tertiary/aromatic N) is 2. The van der Waals surface area contributed by atoms with Crippen LogP contribution in [0.1, 0.15) is 47.4 Å². The third kappa shape index (κ3) is 5.19. The normalized spacial score (nSPS) is 14.0. The number of imide groups is 1. The molecule has 0 spiro atoms. The highest BCUT2D eigenvalue weighted by molar-refractivity contribution is 14.0. The summed E-state index contributed by atoms with van der Waals surface area (Å²) in [5.74, 6) is 0.525. The molecule has 1 aromatic rings. The zero-order valence-electron chi connectivity index (χ0n) is 14.1. The van der Waals surface area contributed by atoms with E-state index in [2.05, 4.69) is 24.2 Å². The van der Waals surface area contributed by atoms with Gasteiger partial charge in [0.05, 0.1) is 11.1 Å². The Labute approximate surface area is 159 Å². The number of guanidine groups is 1. The first-order valence-corrected chi connectivity index (χ1v) is 7.99. The first-order chi connectivity index (χ1) is 11.0. The number of fused-ring (bicyclic) bond motifs is 1. The molecule has 24 heavy (non-hydrogen) atoms. The number of benzene rings is 1. The summed E-state index contributed by atoms with van der Waals surface area (Å²) in [6.07, 6.45) is 1.54. The van der Waals surface area contributed by atoms with Crippen LogP contribution >= 0.6 is 24.0 Å². The van der Waals surface area contributed by atoms with E-state index in [4.69, 9.17) is 5.73 Å². The number of halogens is 1. The van der Waals surface area contributed by atoms with Crippen LogP contribution in [0.25, 0.3) is 0 Å². The van der Waals surface area contributed by atoms with E-state index in [1.54, 1.807) is 24.3 Å². The molecule has 1 aliphatic heterocycles. The Kier molecular flexibility index (Phi) is 8.17. The van der Waals surface area contributed by atoms with Gasteiger partial charge in [-0.05, 0) is 30.9 Å². The van der Waals surface area contributed by atoms with Gasteiger partial charge in [-0.1, -0.05) is 26.0 Å². The van der Waals surface area contributed by atoms with Crippen molar-refractivity contribution in [2.24, 2.45) is 16.6 Å². The molecule has 0 fully saturated rings. The second kappa shape index (κ2) is 9.61. The van der Waals surface area contributed by atoms with Gasteiger partial charge < -0.3 is 11.1 Å². The minimum atomic E-state index is -0.198. The van der Waals surface area contributed by atoms with E-state index in [0.29, 0.717) is 42.6 Å². The van der Waals surface area contributed by atoms with Crippen LogP contribution in [-0.4, -0.2) is 42.3 Å². The van der Waals surface area contributed by atoms with E-state index in [9.17, 15) is 9.59 Å². The quantitative estimate of drug-likeness (QED) is 0.222. The van der Waals surface area contributed by atoms with Gasteiger partial charge in [0, 0.05) is 19.6 Å². The van der Waals surface area contributed by atoms with Gasteiger partial charge in [0.1, 0.15) is 0 Å². The minimum Gasteiger partial charge on any atom is -0.370 e. The Hall–Kier alpha value is -1.64. The maximum atomic E-state index is 12.2. The van der Waals surface area contributed by atoms with Crippen molar-refractivity contribution in [2.75, 3.05) is 19.6 Å². The van der Waals surface area contributed by atoms with Crippen molar-refractivity contribution in [3.8, 4) is 0 Å². The van der Waals surface area contributed by atoms with Crippen LogP contribution in [0.4, 0.5) is 0 Å². The lowest BCUT2D eigenvalue weighted by molar-refractivity contribution is 0.0652. The molecule has 3 N–H and O–H groups in total. The maximum Gasteiger partial charge on any atom is 0.261 e. The standard InChI is InChI=1S/C17H24N4O2.HI/c1-12(2)11-20-17(18)19-9-5-6-10-21-15(22)13-7-3-4-8-14(13)16(21)23;/h3-4,7-8,12H,5-6,9-11H2,1-2H3,(H3,18,19,20);1H. The Balaban J connectivity index is 0.00000288. The number of amides is 2. The molecule has 1 aliphatic rings. The van der Waals surface area contributed by atoms with Gasteiger partial charge in [-0.3, -0.25) is 19.5 Å². The van der Waals surface area contributed by atoms with E-state index in [-0.39, 0.29) is 35.8 Å². The zero-order valence-corrected chi connectivity index (χ0v) is 16.4. The second-order valence-electron chi connectivity index (χ2n) is 6.06. The van der Waals surface area contributed by atoms with E-state index in [1.807, 2.05) is 0 Å². The third-order valence-corrected chi connectivity index (χ3v) is 3.62. The van der Waals surface area contributed by atoms with Crippen LogP contribution in [0.3, 0.4) is 0 Å². The fourth-order valence-electron chi connectivity index (χ4n) is 2.39. The van der Waals surface area contributed by atoms with E-state index < -0.39 is 0 Å². The molecule has 132 valence electrons. The van der Waals surface area contributed by atoms with Crippen molar-refractivity contribution in [1.82, 2.24) is 10.2 Å². The molecular weight excluding hydrogens is 419 g/mol. The topological polar surface area (TPSA) is 87.8 Å². The predicted molar refractivity (Wildman–Crippen MR) is 106 cm³/mol. The third-order valence-electron chi connectivity index (χ3n) is 3.62. The molecule has 6 nitrogen and oxygen atoms in total. The highest BCUT2D eigenvalue weighted by Gasteiger charge is 2.34. The number of carbonyl (C=O) groups is 2. The highest BCUT2D eigenvalue weighted by Crippen LogP contribution is 2.22. The maximum absolute atomic E-state index is 12.2. The largest absolute Gasteiger partial charge is 0.370 e. The number of aliphatic imine (C=N–C) groups is 1. The predicted octanol–water partition coefficient (Wildman–Crippen LogP) is 2.24. The van der Waals surface area contributed by atoms with E-state index in [0.717, 1.165) is 12.8 Å². The second-order valence-corrected chi connectivity index (χ2v) is 6.06. The Morgan fingerprint density at radius 3 is 2.29 bits per heavy atom. The number of nitrogens with one attached hydrogen (secondary N) is 1. The Bertz CT molecular complexity index is 581. The molecule has 2 rings (SSSR count). The number of unbranched alkanes of at least 4 members (excludes halogenated alkanes) is 1. The summed E-state index contributed by atoms with van der Waals surface area (Å²) in [5.41, 5.74) is 6.75. The summed E-state index contributed by atoms with van der Waals surface area (Å²) in [7, 11) is 0. The molecule has 7 heteroatoms. The Morgan fingerprint density at radius 1 is 1.17 bits per heavy atom. The average Bonchev–Trinajstić information content (AvgIpc) is 2.77. The average molecular weight is 444 g/mol. The monoisotopic (exact) mass is 444 g/mol. The number of rotatable bonds is 7. The highest BCUT2D eigenvalue weighted by atomic mass is 127. The number of carbonyl (C=O) groups excluding carboxylic acids is 2. The first kappa shape index (κ1) is 20.4. The molecule has 0 unspecified atom stereocenters. The summed E-state index contributed by atoms with van der Waals surface area (Å²) in [6.45, 7) is 5.97. The van der Waals surface area contributed by atoms with Crippen LogP contribution in [0, 0.1) is 5.92 Å². The van der Waals surface area contributed by atoms with Crippen molar-refractivity contribution in [1.29, 1.82) is 0 Å². The molecule has 0 aliphatic carbocycles. The van der Waals surface area contributed by atoms with Crippen LogP contribution in [-0.2, 0) is 0 Å². The number of hydrogen-bond donors (Lipinski definition) is 2. The van der Waals surface area contributed by atoms with Crippen molar-refractivity contribution >= 4 is 41.8 Å². The summed E-state index contributed by atoms with van der Waals surface area (Å²) in [5, 5.41) is 3.04. The molecule has 0 aromatic heterocycles. The number of nitrogens with two attached hydrogens (primary N) is 1. The zero-order chi connectivity index (χ0) is 16.8. The van der Waals surface area contributed by atoms with Gasteiger partial charge in [-0.25, -0.2) is 0 Å². The van der Waals surface area contributed by atoms with Crippen molar-refractivity contribution in [3.05, 3.63) is 35.4 Å². The summed E-state index contributed by atoms with van der Waals surface area (Å²) < 4.78 is 0. The molecule has 0 radical (unpaired) electrons. The first-order valence-electron chi connectivity index (χ1n) is 7.99.